The molecule has 1 N–H and O–H groups in total. The van der Waals surface area contributed by atoms with Crippen LogP contribution in [0.25, 0.3) is 10.9 Å². The molecule has 0 spiro atoms. The maximum absolute atomic E-state index is 15.3. The van der Waals surface area contributed by atoms with Crippen molar-refractivity contribution < 1.29 is 18.7 Å². The summed E-state index contributed by atoms with van der Waals surface area (Å²) in [5, 5.41) is 10.8. The number of amides is 1. The largest absolute Gasteiger partial charge is 0.465 e. The van der Waals surface area contributed by atoms with Gasteiger partial charge in [-0.3, -0.25) is 4.90 Å². The van der Waals surface area contributed by atoms with Crippen molar-refractivity contribution >= 4 is 70.4 Å². The average Bonchev–Trinajstić information content (AvgIpc) is 3.23. The highest BCUT2D eigenvalue weighted by atomic mass is 79.9. The van der Waals surface area contributed by atoms with Gasteiger partial charge in [-0.1, -0.05) is 58.0 Å². The molecule has 2 bridgehead atoms. The molecule has 4 heterocycles. The van der Waals surface area contributed by atoms with Gasteiger partial charge >= 0.3 is 6.09 Å². The molecule has 38 heavy (non-hydrogen) atoms. The number of thioether (sulfide) groups is 1. The fourth-order valence-electron chi connectivity index (χ4n) is 6.14. The lowest BCUT2D eigenvalue weighted by Gasteiger charge is -2.50. The maximum atomic E-state index is 15.3. The summed E-state index contributed by atoms with van der Waals surface area (Å²) >= 11 is 11.0. The van der Waals surface area contributed by atoms with E-state index in [9.17, 15) is 9.90 Å². The van der Waals surface area contributed by atoms with Crippen molar-refractivity contribution in [1.29, 1.82) is 0 Å². The molecule has 2 saturated heterocycles. The summed E-state index contributed by atoms with van der Waals surface area (Å²) in [7, 11) is -2.03. The van der Waals surface area contributed by atoms with Gasteiger partial charge in [0.05, 0.1) is 29.6 Å². The van der Waals surface area contributed by atoms with Gasteiger partial charge in [0.1, 0.15) is 15.9 Å². The van der Waals surface area contributed by atoms with Gasteiger partial charge < -0.3 is 14.4 Å². The first-order valence-electron chi connectivity index (χ1n) is 13.5. The van der Waals surface area contributed by atoms with Gasteiger partial charge in [-0.2, -0.15) is 0 Å². The molecule has 2 aliphatic rings. The number of pyridine rings is 1. The zero-order chi connectivity index (χ0) is 27.8. The molecular formula is C25H36BrClFN5O3SSi. The van der Waals surface area contributed by atoms with Gasteiger partial charge in [0.25, 0.3) is 0 Å². The minimum absolute atomic E-state index is 0.109. The summed E-state index contributed by atoms with van der Waals surface area (Å²) in [6.07, 6.45) is 1.12. The van der Waals surface area contributed by atoms with Crippen molar-refractivity contribution in [2.45, 2.75) is 101 Å². The lowest BCUT2D eigenvalue weighted by Crippen LogP contribution is -2.66. The second-order valence-electron chi connectivity index (χ2n) is 9.93. The van der Waals surface area contributed by atoms with E-state index in [0.29, 0.717) is 33.3 Å². The SMILES string of the molecule is CCSc1nc(N2C[C@H]3CC[C@@H]([C@H]2C(CC)O[Si](CC)(CC)CC)N3C(=O)O)c2c(Br)nc(Cl)c(F)c2n1. The Hall–Kier alpha value is -1.21. The molecule has 0 aromatic carbocycles. The van der Waals surface area contributed by atoms with Gasteiger partial charge in [-0.05, 0) is 59.1 Å². The molecule has 210 valence electrons. The topological polar surface area (TPSA) is 91.7 Å². The molecule has 2 fully saturated rings. The fourth-order valence-corrected chi connectivity index (χ4v) is 10.5. The van der Waals surface area contributed by atoms with Gasteiger partial charge in [0, 0.05) is 6.54 Å². The number of halogens is 3. The van der Waals surface area contributed by atoms with Crippen LogP contribution >= 0.6 is 39.3 Å². The zero-order valence-corrected chi connectivity index (χ0v) is 26.7. The first-order chi connectivity index (χ1) is 18.1. The van der Waals surface area contributed by atoms with E-state index in [-0.39, 0.29) is 34.9 Å². The minimum atomic E-state index is -2.03. The monoisotopic (exact) mass is 647 g/mol. The van der Waals surface area contributed by atoms with E-state index < -0.39 is 20.2 Å². The Morgan fingerprint density at radius 2 is 1.89 bits per heavy atom. The summed E-state index contributed by atoms with van der Waals surface area (Å²) in [5.74, 6) is 0.575. The van der Waals surface area contributed by atoms with Crippen molar-refractivity contribution in [3.8, 4) is 0 Å². The van der Waals surface area contributed by atoms with Gasteiger partial charge in [-0.25, -0.2) is 24.1 Å². The molecule has 1 amide bonds. The summed E-state index contributed by atoms with van der Waals surface area (Å²) in [5.41, 5.74) is 0.109. The standard InChI is InChI=1S/C25H36BrClFN5O3SSi/c1-6-16(36-38(8-3,9-4)10-5)20-15-12-11-14(33(15)25(34)35)13-32(20)23-17-19(29-24(31-23)37-7-2)18(28)22(27)30-21(17)26/h14-16,20H,6-13H2,1-5H3,(H,34,35)/t14-,15+,16?,20+/m1/s1. The number of aromatic nitrogens is 3. The van der Waals surface area contributed by atoms with Gasteiger partial charge in [0.2, 0.25) is 0 Å². The van der Waals surface area contributed by atoms with Crippen molar-refractivity contribution in [3.05, 3.63) is 15.6 Å². The second kappa shape index (κ2) is 12.1. The number of anilines is 1. The molecule has 13 heteroatoms. The number of fused-ring (bicyclic) bond motifs is 3. The summed E-state index contributed by atoms with van der Waals surface area (Å²) in [4.78, 5) is 29.8. The predicted molar refractivity (Wildman–Crippen MR) is 157 cm³/mol. The highest BCUT2D eigenvalue weighted by Gasteiger charge is 2.53. The first kappa shape index (κ1) is 29.8. The number of nitrogens with zero attached hydrogens (tertiary/aromatic N) is 5. The normalized spacial score (nSPS) is 22.4. The van der Waals surface area contributed by atoms with E-state index >= 15 is 4.39 Å². The highest BCUT2D eigenvalue weighted by Crippen LogP contribution is 2.44. The molecule has 2 aromatic rings. The van der Waals surface area contributed by atoms with Crippen molar-refractivity contribution in [2.75, 3.05) is 17.2 Å². The predicted octanol–water partition coefficient (Wildman–Crippen LogP) is 7.19. The molecule has 1 unspecified atom stereocenters. The molecule has 4 atom stereocenters. The molecule has 2 aliphatic heterocycles. The Morgan fingerprint density at radius 3 is 2.47 bits per heavy atom. The van der Waals surface area contributed by atoms with Crippen LogP contribution in [0.1, 0.15) is 53.9 Å². The zero-order valence-electron chi connectivity index (χ0n) is 22.5. The lowest BCUT2D eigenvalue weighted by atomic mass is 9.95. The number of hydrogen-bond acceptors (Lipinski definition) is 7. The molecule has 0 radical (unpaired) electrons. The fraction of sp³-hybridized carbons (Fsp3) is 0.680. The second-order valence-corrected chi connectivity index (χ2v) is 17.0. The third-order valence-electron chi connectivity index (χ3n) is 8.25. The van der Waals surface area contributed by atoms with E-state index in [2.05, 4.69) is 58.5 Å². The van der Waals surface area contributed by atoms with Gasteiger partial charge in [-0.15, -0.1) is 0 Å². The van der Waals surface area contributed by atoms with Crippen LogP contribution in [0.3, 0.4) is 0 Å². The summed E-state index contributed by atoms with van der Waals surface area (Å²) < 4.78 is 22.8. The van der Waals surface area contributed by atoms with Crippen LogP contribution in [-0.4, -0.2) is 75.9 Å². The minimum Gasteiger partial charge on any atom is -0.465 e. The van der Waals surface area contributed by atoms with E-state index in [4.69, 9.17) is 21.0 Å². The Bertz CT molecular complexity index is 1190. The number of piperazine rings is 1. The van der Waals surface area contributed by atoms with Crippen molar-refractivity contribution in [2.24, 2.45) is 0 Å². The Kier molecular flexibility index (Phi) is 9.49. The average molecular weight is 649 g/mol. The van der Waals surface area contributed by atoms with Crippen molar-refractivity contribution in [3.63, 3.8) is 0 Å². The Balaban J connectivity index is 1.94. The molecule has 4 rings (SSSR count). The third-order valence-corrected chi connectivity index (χ3v) is 14.5. The molecule has 8 nitrogen and oxygen atoms in total. The third kappa shape index (κ3) is 5.27. The van der Waals surface area contributed by atoms with E-state index in [1.807, 2.05) is 6.92 Å². The van der Waals surface area contributed by atoms with Crippen LogP contribution in [0.4, 0.5) is 15.0 Å². The van der Waals surface area contributed by atoms with Crippen LogP contribution in [0.2, 0.25) is 23.3 Å². The molecule has 2 aromatic heterocycles. The quantitative estimate of drug-likeness (QED) is 0.125. The van der Waals surface area contributed by atoms with Crippen LogP contribution in [-0.2, 0) is 4.43 Å². The van der Waals surface area contributed by atoms with Crippen molar-refractivity contribution in [1.82, 2.24) is 19.9 Å². The van der Waals surface area contributed by atoms with Crippen LogP contribution < -0.4 is 4.90 Å². The summed E-state index contributed by atoms with van der Waals surface area (Å²) in [6.45, 7) is 11.1. The van der Waals surface area contributed by atoms with E-state index in [0.717, 1.165) is 37.4 Å². The smallest absolute Gasteiger partial charge is 0.407 e. The van der Waals surface area contributed by atoms with Crippen LogP contribution in [0, 0.1) is 5.82 Å². The number of rotatable bonds is 10. The number of carbonyl (C=O) groups is 1. The lowest BCUT2D eigenvalue weighted by molar-refractivity contribution is 0.0584. The van der Waals surface area contributed by atoms with E-state index in [1.54, 1.807) is 4.90 Å². The maximum Gasteiger partial charge on any atom is 0.407 e. The van der Waals surface area contributed by atoms with Gasteiger partial charge in [0.15, 0.2) is 24.4 Å². The number of carboxylic acid groups (broad SMARTS) is 1. The van der Waals surface area contributed by atoms with Crippen LogP contribution in [0.5, 0.6) is 0 Å². The summed E-state index contributed by atoms with van der Waals surface area (Å²) in [6, 6.07) is 2.25. The Morgan fingerprint density at radius 1 is 1.21 bits per heavy atom. The molecular weight excluding hydrogens is 613 g/mol. The van der Waals surface area contributed by atoms with Crippen LogP contribution in [0.15, 0.2) is 9.76 Å². The number of hydrogen-bond donors (Lipinski definition) is 1. The Labute approximate surface area is 242 Å². The highest BCUT2D eigenvalue weighted by molar-refractivity contribution is 9.10. The molecule has 0 aliphatic carbocycles. The van der Waals surface area contributed by atoms with E-state index in [1.165, 1.54) is 11.8 Å². The molecule has 0 saturated carbocycles. The first-order valence-corrected chi connectivity index (χ1v) is 18.1.